The van der Waals surface area contributed by atoms with E-state index < -0.39 is 39.0 Å². The molecule has 12 heteroatoms. The largest absolute Gasteiger partial charge is 0.462 e. The van der Waals surface area contributed by atoms with Crippen LogP contribution in [0.4, 0.5) is 0 Å². The lowest BCUT2D eigenvalue weighted by Gasteiger charge is -2.20. The van der Waals surface area contributed by atoms with E-state index in [2.05, 4.69) is 0 Å². The maximum Gasteiger partial charge on any atom is 0.331 e. The van der Waals surface area contributed by atoms with Crippen molar-refractivity contribution in [2.45, 2.75) is 41.5 Å². The Morgan fingerprint density at radius 3 is 1.13 bits per heavy atom. The molecule has 0 saturated heterocycles. The third-order valence-corrected chi connectivity index (χ3v) is 8.27. The van der Waals surface area contributed by atoms with Gasteiger partial charge in [-0.2, -0.15) is 0 Å². The van der Waals surface area contributed by atoms with Gasteiger partial charge in [-0.3, -0.25) is 18.7 Å². The summed E-state index contributed by atoms with van der Waals surface area (Å²) in [6.45, 7) is 10.3. The van der Waals surface area contributed by atoms with E-state index in [0.717, 1.165) is 0 Å². The third kappa shape index (κ3) is 11.6. The molecule has 0 heterocycles. The van der Waals surface area contributed by atoms with Gasteiger partial charge in [0.15, 0.2) is 0 Å². The predicted octanol–water partition coefficient (Wildman–Crippen LogP) is 3.88. The lowest BCUT2D eigenvalue weighted by molar-refractivity contribution is -0.156. The summed E-state index contributed by atoms with van der Waals surface area (Å²) in [7, 11) is -6.73. The zero-order valence-electron chi connectivity index (χ0n) is 18.8. The van der Waals surface area contributed by atoms with Gasteiger partial charge in [0, 0.05) is 0 Å². The van der Waals surface area contributed by atoms with Gasteiger partial charge >= 0.3 is 27.1 Å². The summed E-state index contributed by atoms with van der Waals surface area (Å²) in [5.74, 6) is -2.63. The number of ether oxygens (including phenoxy) is 2. The summed E-state index contributed by atoms with van der Waals surface area (Å²) in [6, 6.07) is 0. The molecule has 0 N–H and O–H groups in total. The summed E-state index contributed by atoms with van der Waals surface area (Å²) in [6.07, 6.45) is -0.205. The third-order valence-electron chi connectivity index (χ3n) is 3.67. The monoisotopic (exact) mass is 474 g/mol. The maximum absolute atomic E-state index is 12.5. The fourth-order valence-electron chi connectivity index (χ4n) is 2.46. The van der Waals surface area contributed by atoms with Crippen LogP contribution in [0.1, 0.15) is 41.5 Å². The Labute approximate surface area is 179 Å². The molecule has 0 aliphatic heterocycles. The SMILES string of the molecule is CCOP(=O)(CC(C)C(=O)OCCOC(=O)C(C)CP(=O)(OCC)OCC)OCC. The van der Waals surface area contributed by atoms with Crippen molar-refractivity contribution in [3.63, 3.8) is 0 Å². The molecule has 0 radical (unpaired) electrons. The van der Waals surface area contributed by atoms with Crippen LogP contribution < -0.4 is 0 Å². The van der Waals surface area contributed by atoms with Gasteiger partial charge in [0.25, 0.3) is 0 Å². The standard InChI is InChI=1S/C18H36O10P2/c1-7-25-29(21,26-8-2)13-15(5)17(19)23-11-12-24-18(20)16(6)14-30(22,27-9-3)28-10-4/h15-16H,7-14H2,1-6H3. The molecule has 0 aliphatic rings. The first-order valence-electron chi connectivity index (χ1n) is 10.2. The minimum Gasteiger partial charge on any atom is -0.462 e. The highest BCUT2D eigenvalue weighted by atomic mass is 31.2. The Kier molecular flexibility index (Phi) is 14.7. The Hall–Kier alpha value is -0.760. The summed E-state index contributed by atoms with van der Waals surface area (Å²) in [5, 5.41) is 0. The molecule has 0 fully saturated rings. The number of hydrogen-bond donors (Lipinski definition) is 0. The quantitative estimate of drug-likeness (QED) is 0.174. The van der Waals surface area contributed by atoms with Gasteiger partial charge in [0.1, 0.15) is 13.2 Å². The molecule has 0 amide bonds. The van der Waals surface area contributed by atoms with Crippen LogP contribution in [0.25, 0.3) is 0 Å². The zero-order valence-corrected chi connectivity index (χ0v) is 20.6. The molecule has 2 atom stereocenters. The lowest BCUT2D eigenvalue weighted by Crippen LogP contribution is -2.24. The summed E-state index contributed by atoms with van der Waals surface area (Å²) in [5.41, 5.74) is 0. The van der Waals surface area contributed by atoms with Crippen molar-refractivity contribution in [2.24, 2.45) is 11.8 Å². The summed E-state index contributed by atoms with van der Waals surface area (Å²) >= 11 is 0. The molecule has 178 valence electrons. The van der Waals surface area contributed by atoms with Gasteiger partial charge < -0.3 is 27.6 Å². The first-order valence-corrected chi connectivity index (χ1v) is 13.6. The number of esters is 2. The molecule has 0 aromatic heterocycles. The molecule has 10 nitrogen and oxygen atoms in total. The molecular weight excluding hydrogens is 438 g/mol. The second kappa shape index (κ2) is 15.1. The smallest absolute Gasteiger partial charge is 0.331 e. The minimum atomic E-state index is -3.37. The fourth-order valence-corrected chi connectivity index (χ4v) is 6.25. The average molecular weight is 474 g/mol. The normalized spacial score (nSPS) is 14.2. The van der Waals surface area contributed by atoms with Gasteiger partial charge in [-0.25, -0.2) is 0 Å². The zero-order chi connectivity index (χ0) is 23.2. The Bertz CT molecular complexity index is 538. The molecule has 0 rings (SSSR count). The Morgan fingerprint density at radius 2 is 0.900 bits per heavy atom. The lowest BCUT2D eigenvalue weighted by atomic mass is 10.2. The van der Waals surface area contributed by atoms with Crippen LogP contribution in [0.15, 0.2) is 0 Å². The minimum absolute atomic E-state index is 0.103. The maximum atomic E-state index is 12.5. The number of hydrogen-bond acceptors (Lipinski definition) is 10. The van der Waals surface area contributed by atoms with E-state index in [1.54, 1.807) is 41.5 Å². The van der Waals surface area contributed by atoms with Crippen molar-refractivity contribution in [2.75, 3.05) is 52.0 Å². The van der Waals surface area contributed by atoms with E-state index in [4.69, 9.17) is 27.6 Å². The van der Waals surface area contributed by atoms with E-state index in [-0.39, 0.29) is 52.0 Å². The molecule has 2 unspecified atom stereocenters. The van der Waals surface area contributed by atoms with E-state index >= 15 is 0 Å². The molecule has 0 saturated carbocycles. The highest BCUT2D eigenvalue weighted by Gasteiger charge is 2.32. The van der Waals surface area contributed by atoms with Crippen LogP contribution in [-0.4, -0.2) is 63.9 Å². The molecule has 30 heavy (non-hydrogen) atoms. The second-order valence-electron chi connectivity index (χ2n) is 6.40. The van der Waals surface area contributed by atoms with Crippen LogP contribution in [0.3, 0.4) is 0 Å². The van der Waals surface area contributed by atoms with Crippen LogP contribution in [0.2, 0.25) is 0 Å². The van der Waals surface area contributed by atoms with Crippen molar-refractivity contribution >= 4 is 27.1 Å². The topological polar surface area (TPSA) is 124 Å². The Balaban J connectivity index is 4.42. The highest BCUT2D eigenvalue weighted by Crippen LogP contribution is 2.50. The van der Waals surface area contributed by atoms with Gasteiger partial charge in [-0.05, 0) is 27.7 Å². The van der Waals surface area contributed by atoms with Crippen molar-refractivity contribution in [3.8, 4) is 0 Å². The van der Waals surface area contributed by atoms with E-state index in [0.29, 0.717) is 0 Å². The first kappa shape index (κ1) is 29.2. The average Bonchev–Trinajstić information content (AvgIpc) is 2.65. The second-order valence-corrected chi connectivity index (χ2v) is 10.6. The number of carbonyl (C=O) groups excluding carboxylic acids is 2. The van der Waals surface area contributed by atoms with Crippen LogP contribution in [-0.2, 0) is 46.3 Å². The molecular formula is C18H36O10P2. The number of rotatable bonds is 17. The molecule has 0 aliphatic carbocycles. The molecule has 0 aromatic rings. The summed E-state index contributed by atoms with van der Waals surface area (Å²) in [4.78, 5) is 24.1. The van der Waals surface area contributed by atoms with Crippen LogP contribution in [0, 0.1) is 11.8 Å². The molecule has 0 spiro atoms. The molecule has 0 aromatic carbocycles. The fraction of sp³-hybridized carbons (Fsp3) is 0.889. The summed E-state index contributed by atoms with van der Waals surface area (Å²) < 4.78 is 55.7. The van der Waals surface area contributed by atoms with E-state index in [9.17, 15) is 18.7 Å². The Morgan fingerprint density at radius 1 is 0.633 bits per heavy atom. The van der Waals surface area contributed by atoms with Gasteiger partial charge in [-0.1, -0.05) is 13.8 Å². The van der Waals surface area contributed by atoms with E-state index in [1.807, 2.05) is 0 Å². The van der Waals surface area contributed by atoms with Gasteiger partial charge in [-0.15, -0.1) is 0 Å². The predicted molar refractivity (Wildman–Crippen MR) is 112 cm³/mol. The highest BCUT2D eigenvalue weighted by molar-refractivity contribution is 7.54. The van der Waals surface area contributed by atoms with Crippen LogP contribution in [0.5, 0.6) is 0 Å². The van der Waals surface area contributed by atoms with Gasteiger partial charge in [0.2, 0.25) is 0 Å². The molecule has 0 bridgehead atoms. The van der Waals surface area contributed by atoms with Crippen LogP contribution >= 0.6 is 15.2 Å². The first-order chi connectivity index (χ1) is 14.1. The van der Waals surface area contributed by atoms with Crippen molar-refractivity contribution in [3.05, 3.63) is 0 Å². The van der Waals surface area contributed by atoms with Crippen molar-refractivity contribution < 1.29 is 46.3 Å². The van der Waals surface area contributed by atoms with E-state index in [1.165, 1.54) is 0 Å². The van der Waals surface area contributed by atoms with Gasteiger partial charge in [0.05, 0.1) is 50.6 Å². The number of carbonyl (C=O) groups is 2. The van der Waals surface area contributed by atoms with Crippen molar-refractivity contribution in [1.29, 1.82) is 0 Å². The van der Waals surface area contributed by atoms with Crippen molar-refractivity contribution in [1.82, 2.24) is 0 Å².